The minimum Gasteiger partial charge on any atom is -0.870 e. The monoisotopic (exact) mass is 680 g/mol. The third-order valence-corrected chi connectivity index (χ3v) is 9.41. The van der Waals surface area contributed by atoms with Gasteiger partial charge in [0.15, 0.2) is 6.10 Å². The van der Waals surface area contributed by atoms with Gasteiger partial charge in [0.2, 0.25) is 11.5 Å². The zero-order chi connectivity index (χ0) is 33.0. The molecule has 0 heterocycles. The predicted octanol–water partition coefficient (Wildman–Crippen LogP) is 6.21. The van der Waals surface area contributed by atoms with Gasteiger partial charge in [-0.25, -0.2) is 0 Å². The van der Waals surface area contributed by atoms with Crippen molar-refractivity contribution in [3.63, 3.8) is 0 Å². The Balaban J connectivity index is 0.00000552. The first-order valence-electron chi connectivity index (χ1n) is 16.6. The standard InChI is InChI=1S/C35H52N2O7S.2H2O/c1-4-7-9-11-13-20-37(21-14-12-10-8-5-2)27-17-19-29(31(39)25-27)33-34(40)32(35(33)41)28-18-16-26(24-30(28)38)36(6-3)22-15-23-45(42,43)44;;/h16-19,24-25,34,40H,4-15,20-23H2,1-3H3,(H3-,38,39,41,42,43,44);2*1H2. The lowest BCUT2D eigenvalue weighted by molar-refractivity contribution is 0.205. The minimum absolute atomic E-state index is 0. The molecular weight excluding hydrogens is 624 g/mol. The lowest BCUT2D eigenvalue weighted by atomic mass is 9.73. The van der Waals surface area contributed by atoms with E-state index in [1.165, 1.54) is 57.4 Å². The summed E-state index contributed by atoms with van der Waals surface area (Å²) in [6.45, 7) is 9.03. The van der Waals surface area contributed by atoms with Gasteiger partial charge >= 0.3 is 0 Å². The molecule has 1 aliphatic carbocycles. The summed E-state index contributed by atoms with van der Waals surface area (Å²) >= 11 is 0. The number of nitrogens with zero attached hydrogens (tertiary/aromatic N) is 2. The second kappa shape index (κ2) is 20.3. The van der Waals surface area contributed by atoms with E-state index in [1.807, 2.05) is 17.9 Å². The number of phenolic OH excluding ortho intramolecular Hbond substituents is 2. The molecule has 0 saturated carbocycles. The van der Waals surface area contributed by atoms with E-state index in [1.54, 1.807) is 24.3 Å². The molecular formula is C35H56N2O9S. The highest BCUT2D eigenvalue weighted by Gasteiger charge is 2.51. The second-order valence-corrected chi connectivity index (χ2v) is 13.6. The first kappa shape index (κ1) is 41.9. The molecule has 1 unspecified atom stereocenters. The molecule has 0 amide bonds. The van der Waals surface area contributed by atoms with Crippen molar-refractivity contribution >= 4 is 27.1 Å². The van der Waals surface area contributed by atoms with Crippen LogP contribution in [0.5, 0.6) is 11.5 Å². The molecule has 0 aromatic heterocycles. The molecule has 1 atom stereocenters. The smallest absolute Gasteiger partial charge is 0.264 e. The third kappa shape index (κ3) is 11.8. The molecule has 266 valence electrons. The summed E-state index contributed by atoms with van der Waals surface area (Å²) < 4.78 is 31.1. The summed E-state index contributed by atoms with van der Waals surface area (Å²) in [7, 11) is -4.06. The number of phenols is 2. The van der Waals surface area contributed by atoms with Gasteiger partial charge in [0.1, 0.15) is 22.8 Å². The number of aliphatic hydroxyl groups excluding tert-OH is 2. The molecule has 0 saturated heterocycles. The van der Waals surface area contributed by atoms with Gasteiger partial charge in [0, 0.05) is 56.1 Å². The Morgan fingerprint density at radius 3 is 1.72 bits per heavy atom. The van der Waals surface area contributed by atoms with Gasteiger partial charge in [0.05, 0.1) is 17.0 Å². The summed E-state index contributed by atoms with van der Waals surface area (Å²) in [4.78, 5) is 4.18. The van der Waals surface area contributed by atoms with Crippen LogP contribution in [-0.2, 0) is 10.1 Å². The Morgan fingerprint density at radius 1 is 0.723 bits per heavy atom. The first-order valence-corrected chi connectivity index (χ1v) is 18.2. The van der Waals surface area contributed by atoms with Crippen molar-refractivity contribution in [1.29, 1.82) is 0 Å². The number of hydrogen-bond acceptors (Lipinski definition) is 9. The van der Waals surface area contributed by atoms with Crippen LogP contribution in [0.15, 0.2) is 42.2 Å². The van der Waals surface area contributed by atoms with Crippen LogP contribution in [0, 0.1) is 5.92 Å². The van der Waals surface area contributed by atoms with Crippen LogP contribution in [0.4, 0.5) is 11.4 Å². The number of rotatable bonds is 21. The summed E-state index contributed by atoms with van der Waals surface area (Å²) in [6, 6.07) is 10.2. The number of aliphatic hydroxyl groups is 2. The Morgan fingerprint density at radius 2 is 1.23 bits per heavy atom. The zero-order valence-electron chi connectivity index (χ0n) is 28.2. The highest BCUT2D eigenvalue weighted by molar-refractivity contribution is 7.85. The molecule has 0 fully saturated rings. The SMILES string of the molecule is CCCCCCCN(CCCCCCC)c1ccc([C+]2C(O)=C(c3ccc(N(CC)CCCS(=O)(=O)O)cc3O)C2O)c(O)c1.O.[OH-]. The highest BCUT2D eigenvalue weighted by Crippen LogP contribution is 2.50. The average molecular weight is 681 g/mol. The molecule has 0 spiro atoms. The van der Waals surface area contributed by atoms with E-state index >= 15 is 0 Å². The number of unbranched alkanes of at least 4 members (excludes halogenated alkanes) is 8. The largest absolute Gasteiger partial charge is 0.870 e. The Hall–Kier alpha value is -3.16. The lowest BCUT2D eigenvalue weighted by Crippen LogP contribution is -2.34. The first-order chi connectivity index (χ1) is 21.5. The molecule has 1 aliphatic rings. The second-order valence-electron chi connectivity index (χ2n) is 12.0. The van der Waals surface area contributed by atoms with E-state index in [0.29, 0.717) is 24.3 Å². The molecule has 0 bridgehead atoms. The number of anilines is 2. The molecule has 47 heavy (non-hydrogen) atoms. The van der Waals surface area contributed by atoms with Crippen molar-refractivity contribution < 1.29 is 44.3 Å². The highest BCUT2D eigenvalue weighted by atomic mass is 32.2. The van der Waals surface area contributed by atoms with Crippen molar-refractivity contribution in [3.8, 4) is 11.5 Å². The number of benzene rings is 2. The molecule has 8 N–H and O–H groups in total. The third-order valence-electron chi connectivity index (χ3n) is 8.61. The summed E-state index contributed by atoms with van der Waals surface area (Å²) in [5.74, 6) is -0.490. The van der Waals surface area contributed by atoms with Crippen molar-refractivity contribution in [2.75, 3.05) is 41.7 Å². The zero-order valence-corrected chi connectivity index (χ0v) is 29.0. The van der Waals surface area contributed by atoms with Gasteiger partial charge in [-0.05, 0) is 38.3 Å². The average Bonchev–Trinajstić information content (AvgIpc) is 2.99. The van der Waals surface area contributed by atoms with Gasteiger partial charge in [-0.2, -0.15) is 8.42 Å². The predicted molar refractivity (Wildman–Crippen MR) is 188 cm³/mol. The molecule has 0 radical (unpaired) electrons. The molecule has 2 aromatic rings. The number of aromatic hydroxyl groups is 2. The fraction of sp³-hybridized carbons (Fsp3) is 0.571. The van der Waals surface area contributed by atoms with Crippen LogP contribution < -0.4 is 9.80 Å². The Kier molecular flexibility index (Phi) is 18.0. The fourth-order valence-electron chi connectivity index (χ4n) is 6.00. The van der Waals surface area contributed by atoms with E-state index in [4.69, 9.17) is 4.55 Å². The van der Waals surface area contributed by atoms with Crippen LogP contribution >= 0.6 is 0 Å². The van der Waals surface area contributed by atoms with Gasteiger partial charge < -0.3 is 41.2 Å². The van der Waals surface area contributed by atoms with E-state index in [9.17, 15) is 28.8 Å². The summed E-state index contributed by atoms with van der Waals surface area (Å²) in [5.41, 5.74) is 2.36. The molecule has 3 rings (SSSR count). The Bertz CT molecular complexity index is 1350. The van der Waals surface area contributed by atoms with Crippen LogP contribution in [0.3, 0.4) is 0 Å². The van der Waals surface area contributed by atoms with Crippen LogP contribution in [0.1, 0.15) is 103 Å². The lowest BCUT2D eigenvalue weighted by Gasteiger charge is -2.30. The van der Waals surface area contributed by atoms with Gasteiger partial charge in [-0.3, -0.25) is 4.55 Å². The van der Waals surface area contributed by atoms with E-state index in [2.05, 4.69) is 18.7 Å². The fourth-order valence-corrected chi connectivity index (χ4v) is 6.49. The van der Waals surface area contributed by atoms with Gasteiger partial charge in [-0.1, -0.05) is 65.2 Å². The molecule has 0 aliphatic heterocycles. The van der Waals surface area contributed by atoms with E-state index in [-0.39, 0.29) is 57.4 Å². The van der Waals surface area contributed by atoms with E-state index < -0.39 is 16.2 Å². The summed E-state index contributed by atoms with van der Waals surface area (Å²) in [5, 5.41) is 44.0. The van der Waals surface area contributed by atoms with Crippen molar-refractivity contribution in [3.05, 3.63) is 59.2 Å². The topological polar surface area (TPSA) is 203 Å². The van der Waals surface area contributed by atoms with Crippen LogP contribution in [0.25, 0.3) is 5.57 Å². The molecule has 2 aromatic carbocycles. The van der Waals surface area contributed by atoms with Crippen molar-refractivity contribution in [2.24, 2.45) is 0 Å². The van der Waals surface area contributed by atoms with E-state index in [0.717, 1.165) is 31.6 Å². The minimum atomic E-state index is -4.06. The molecule has 12 heteroatoms. The maximum absolute atomic E-state index is 11.1. The quantitative estimate of drug-likeness (QED) is 0.0572. The van der Waals surface area contributed by atoms with Gasteiger partial charge in [-0.15, -0.1) is 0 Å². The van der Waals surface area contributed by atoms with Crippen LogP contribution in [-0.4, -0.2) is 82.4 Å². The summed E-state index contributed by atoms with van der Waals surface area (Å²) in [6.07, 6.45) is 10.9. The maximum Gasteiger partial charge on any atom is 0.264 e. The van der Waals surface area contributed by atoms with Crippen LogP contribution in [0.2, 0.25) is 0 Å². The molecule has 11 nitrogen and oxygen atoms in total. The van der Waals surface area contributed by atoms with Crippen molar-refractivity contribution in [1.82, 2.24) is 0 Å². The normalized spacial score (nSPS) is 14.3. The van der Waals surface area contributed by atoms with Gasteiger partial charge in [0.25, 0.3) is 10.1 Å². The van der Waals surface area contributed by atoms with Crippen molar-refractivity contribution in [2.45, 2.75) is 97.5 Å². The maximum atomic E-state index is 11.1. The Labute approximate surface area is 280 Å². The number of hydrogen-bond donors (Lipinski definition) is 5.